The minimum absolute atomic E-state index is 0.0287. The van der Waals surface area contributed by atoms with Crippen LogP contribution in [0.5, 0.6) is 11.6 Å². The minimum atomic E-state index is -0.763. The molecule has 2 aromatic rings. The SMILES string of the molecule is COC(=O)c1cc(=O)n2c(c1C(=O)c1ccc(OC)cc1)OC(C)C2. The molecule has 0 fully saturated rings. The number of carbonyl (C=O) groups is 2. The van der Waals surface area contributed by atoms with Crippen molar-refractivity contribution in [2.45, 2.75) is 19.6 Å². The van der Waals surface area contributed by atoms with Gasteiger partial charge in [-0.2, -0.15) is 0 Å². The monoisotopic (exact) mass is 343 g/mol. The Labute approximate surface area is 143 Å². The second kappa shape index (κ2) is 6.43. The molecule has 7 heteroatoms. The van der Waals surface area contributed by atoms with Crippen molar-refractivity contribution >= 4 is 11.8 Å². The summed E-state index contributed by atoms with van der Waals surface area (Å²) in [6, 6.07) is 7.58. The molecule has 1 aromatic carbocycles. The van der Waals surface area contributed by atoms with Crippen LogP contribution in [0.25, 0.3) is 0 Å². The number of fused-ring (bicyclic) bond motifs is 1. The van der Waals surface area contributed by atoms with Crippen molar-refractivity contribution in [3.63, 3.8) is 0 Å². The molecule has 0 spiro atoms. The van der Waals surface area contributed by atoms with Gasteiger partial charge in [0, 0.05) is 11.6 Å². The van der Waals surface area contributed by atoms with Crippen molar-refractivity contribution in [1.29, 1.82) is 0 Å². The largest absolute Gasteiger partial charge is 0.497 e. The number of ether oxygens (including phenoxy) is 3. The van der Waals surface area contributed by atoms with Crippen LogP contribution in [0.4, 0.5) is 0 Å². The maximum absolute atomic E-state index is 13.0. The third-order valence-electron chi connectivity index (χ3n) is 4.00. The van der Waals surface area contributed by atoms with E-state index in [2.05, 4.69) is 0 Å². The van der Waals surface area contributed by atoms with Crippen molar-refractivity contribution in [3.05, 3.63) is 57.4 Å². The standard InChI is InChI=1S/C18H17NO6/c1-10-9-19-14(20)8-13(18(22)24-3)15(17(19)25-10)16(21)11-4-6-12(23-2)7-5-11/h4-8,10H,9H2,1-3H3. The first kappa shape index (κ1) is 16.8. The van der Waals surface area contributed by atoms with E-state index in [0.717, 1.165) is 6.07 Å². The number of ketones is 1. The highest BCUT2D eigenvalue weighted by Gasteiger charge is 2.32. The fourth-order valence-electron chi connectivity index (χ4n) is 2.78. The number of benzene rings is 1. The smallest absolute Gasteiger partial charge is 0.339 e. The lowest BCUT2D eigenvalue weighted by atomic mass is 9.99. The topological polar surface area (TPSA) is 83.8 Å². The van der Waals surface area contributed by atoms with Gasteiger partial charge in [0.1, 0.15) is 11.9 Å². The van der Waals surface area contributed by atoms with Gasteiger partial charge in [0.05, 0.1) is 31.9 Å². The zero-order valence-electron chi connectivity index (χ0n) is 14.1. The third-order valence-corrected chi connectivity index (χ3v) is 4.00. The maximum atomic E-state index is 13.0. The van der Waals surface area contributed by atoms with Crippen LogP contribution < -0.4 is 15.0 Å². The van der Waals surface area contributed by atoms with E-state index in [1.807, 2.05) is 0 Å². The van der Waals surface area contributed by atoms with Crippen molar-refractivity contribution in [1.82, 2.24) is 4.57 Å². The van der Waals surface area contributed by atoms with Gasteiger partial charge in [0.15, 0.2) is 5.78 Å². The van der Waals surface area contributed by atoms with Crippen molar-refractivity contribution in [2.75, 3.05) is 14.2 Å². The molecule has 0 bridgehead atoms. The normalized spacial score (nSPS) is 15.2. The van der Waals surface area contributed by atoms with Gasteiger partial charge in [0.2, 0.25) is 5.88 Å². The van der Waals surface area contributed by atoms with E-state index >= 15 is 0 Å². The number of hydrogen-bond acceptors (Lipinski definition) is 6. The van der Waals surface area contributed by atoms with Gasteiger partial charge in [-0.3, -0.25) is 14.2 Å². The average Bonchev–Trinajstić information content (AvgIpc) is 3.02. The number of hydrogen-bond donors (Lipinski definition) is 0. The van der Waals surface area contributed by atoms with Crippen LogP contribution in [0.1, 0.15) is 33.2 Å². The van der Waals surface area contributed by atoms with E-state index in [4.69, 9.17) is 14.2 Å². The van der Waals surface area contributed by atoms with Gasteiger partial charge in [-0.05, 0) is 31.2 Å². The molecule has 0 radical (unpaired) electrons. The highest BCUT2D eigenvalue weighted by molar-refractivity contribution is 6.16. The summed E-state index contributed by atoms with van der Waals surface area (Å²) in [5.74, 6) is -0.494. The fourth-order valence-corrected chi connectivity index (χ4v) is 2.78. The first-order valence-electron chi connectivity index (χ1n) is 7.67. The van der Waals surface area contributed by atoms with E-state index in [1.54, 1.807) is 31.2 Å². The molecule has 2 heterocycles. The lowest BCUT2D eigenvalue weighted by Crippen LogP contribution is -2.23. The van der Waals surface area contributed by atoms with Gasteiger partial charge in [0.25, 0.3) is 5.56 Å². The molecule has 7 nitrogen and oxygen atoms in total. The number of methoxy groups -OCH3 is 2. The van der Waals surface area contributed by atoms with Gasteiger partial charge in [-0.25, -0.2) is 4.79 Å². The Morgan fingerprint density at radius 3 is 2.48 bits per heavy atom. The molecule has 25 heavy (non-hydrogen) atoms. The molecule has 0 amide bonds. The molecule has 1 unspecified atom stereocenters. The van der Waals surface area contributed by atoms with E-state index < -0.39 is 17.3 Å². The van der Waals surface area contributed by atoms with Crippen LogP contribution in [-0.2, 0) is 11.3 Å². The van der Waals surface area contributed by atoms with Crippen LogP contribution in [-0.4, -0.2) is 36.6 Å². The van der Waals surface area contributed by atoms with E-state index in [9.17, 15) is 14.4 Å². The van der Waals surface area contributed by atoms with Crippen molar-refractivity contribution in [3.8, 4) is 11.6 Å². The number of carbonyl (C=O) groups excluding carboxylic acids is 2. The van der Waals surface area contributed by atoms with Gasteiger partial charge < -0.3 is 14.2 Å². The number of aromatic nitrogens is 1. The molecule has 0 N–H and O–H groups in total. The number of esters is 1. The summed E-state index contributed by atoms with van der Waals surface area (Å²) in [7, 11) is 2.72. The van der Waals surface area contributed by atoms with E-state index in [0.29, 0.717) is 17.9 Å². The van der Waals surface area contributed by atoms with Crippen molar-refractivity contribution in [2.24, 2.45) is 0 Å². The fraction of sp³-hybridized carbons (Fsp3) is 0.278. The molecule has 0 saturated heterocycles. The second-order valence-corrected chi connectivity index (χ2v) is 5.66. The molecule has 3 rings (SSSR count). The summed E-state index contributed by atoms with van der Waals surface area (Å²) < 4.78 is 16.8. The molecule has 1 atom stereocenters. The summed E-state index contributed by atoms with van der Waals surface area (Å²) in [5.41, 5.74) is -0.142. The van der Waals surface area contributed by atoms with Crippen molar-refractivity contribution < 1.29 is 23.8 Å². The molecule has 0 saturated carbocycles. The van der Waals surface area contributed by atoms with Gasteiger partial charge in [-0.15, -0.1) is 0 Å². The van der Waals surface area contributed by atoms with E-state index in [1.165, 1.54) is 18.8 Å². The second-order valence-electron chi connectivity index (χ2n) is 5.66. The first-order valence-corrected chi connectivity index (χ1v) is 7.67. The molecular formula is C18H17NO6. The van der Waals surface area contributed by atoms with Crippen LogP contribution in [0, 0.1) is 0 Å². The molecule has 1 aromatic heterocycles. The Bertz CT molecular complexity index is 897. The Kier molecular flexibility index (Phi) is 4.31. The third kappa shape index (κ3) is 2.88. The highest BCUT2D eigenvalue weighted by Crippen LogP contribution is 2.30. The predicted molar refractivity (Wildman–Crippen MR) is 88.6 cm³/mol. The summed E-state index contributed by atoms with van der Waals surface area (Å²) in [6.07, 6.45) is -0.275. The lowest BCUT2D eigenvalue weighted by Gasteiger charge is -2.12. The Balaban J connectivity index is 2.19. The van der Waals surface area contributed by atoms with Crippen LogP contribution >= 0.6 is 0 Å². The number of pyridine rings is 1. The van der Waals surface area contributed by atoms with Gasteiger partial charge >= 0.3 is 5.97 Å². The highest BCUT2D eigenvalue weighted by atomic mass is 16.5. The molecular weight excluding hydrogens is 326 g/mol. The lowest BCUT2D eigenvalue weighted by molar-refractivity contribution is 0.0596. The average molecular weight is 343 g/mol. The minimum Gasteiger partial charge on any atom is -0.497 e. The Hall–Kier alpha value is -3.09. The van der Waals surface area contributed by atoms with Gasteiger partial charge in [-0.1, -0.05) is 0 Å². The summed E-state index contributed by atoms with van der Waals surface area (Å²) >= 11 is 0. The summed E-state index contributed by atoms with van der Waals surface area (Å²) in [5, 5.41) is 0. The number of rotatable bonds is 4. The van der Waals surface area contributed by atoms with Crippen LogP contribution in [0.3, 0.4) is 0 Å². The zero-order chi connectivity index (χ0) is 18.1. The molecule has 130 valence electrons. The molecule has 1 aliphatic heterocycles. The quantitative estimate of drug-likeness (QED) is 0.620. The van der Waals surface area contributed by atoms with Crippen LogP contribution in [0.15, 0.2) is 35.1 Å². The zero-order valence-corrected chi connectivity index (χ0v) is 14.1. The first-order chi connectivity index (χ1) is 12.0. The maximum Gasteiger partial charge on any atom is 0.339 e. The molecule has 1 aliphatic rings. The number of nitrogens with zero attached hydrogens (tertiary/aromatic N) is 1. The molecule has 0 aliphatic carbocycles. The summed E-state index contributed by atoms with van der Waals surface area (Å²) in [4.78, 5) is 37.4. The Morgan fingerprint density at radius 1 is 1.20 bits per heavy atom. The predicted octanol–water partition coefficient (Wildman–Crippen LogP) is 1.66. The van der Waals surface area contributed by atoms with Crippen LogP contribution in [0.2, 0.25) is 0 Å². The Morgan fingerprint density at radius 2 is 1.88 bits per heavy atom. The van der Waals surface area contributed by atoms with E-state index in [-0.39, 0.29) is 23.1 Å². The summed E-state index contributed by atoms with van der Waals surface area (Å²) in [6.45, 7) is 2.10.